The van der Waals surface area contributed by atoms with E-state index < -0.39 is 4.92 Å². The van der Waals surface area contributed by atoms with E-state index in [4.69, 9.17) is 4.74 Å². The van der Waals surface area contributed by atoms with Crippen molar-refractivity contribution in [1.29, 1.82) is 0 Å². The van der Waals surface area contributed by atoms with Crippen LogP contribution in [0.1, 0.15) is 5.56 Å². The van der Waals surface area contributed by atoms with E-state index in [2.05, 4.69) is 15.5 Å². The molecule has 0 aliphatic rings. The molecule has 3 aromatic rings. The molecule has 0 amide bonds. The van der Waals surface area contributed by atoms with E-state index in [-0.39, 0.29) is 5.69 Å². The number of fused-ring (bicyclic) bond motifs is 1. The van der Waals surface area contributed by atoms with Crippen LogP contribution in [0.5, 0.6) is 5.75 Å². The van der Waals surface area contributed by atoms with Gasteiger partial charge in [-0.25, -0.2) is 4.98 Å². The zero-order valence-corrected chi connectivity index (χ0v) is 12.9. The molecule has 0 atom stereocenters. The maximum absolute atomic E-state index is 10.8. The number of hydrogen-bond donors (Lipinski definition) is 1. The van der Waals surface area contributed by atoms with Crippen molar-refractivity contribution in [3.05, 3.63) is 58.1 Å². The topological polar surface area (TPSA) is 89.7 Å². The smallest absolute Gasteiger partial charge is 0.270 e. The van der Waals surface area contributed by atoms with Gasteiger partial charge in [0.1, 0.15) is 5.75 Å². The van der Waals surface area contributed by atoms with Crippen molar-refractivity contribution in [2.75, 3.05) is 12.5 Å². The summed E-state index contributed by atoms with van der Waals surface area (Å²) in [6.45, 7) is 0. The molecule has 8 heteroatoms. The second kappa shape index (κ2) is 6.41. The Labute approximate surface area is 135 Å². The molecule has 116 valence electrons. The fourth-order valence-electron chi connectivity index (χ4n) is 2.01. The fraction of sp³-hybridized carbons (Fsp3) is 0.0667. The number of hydrazone groups is 1. The van der Waals surface area contributed by atoms with Gasteiger partial charge in [0, 0.05) is 17.7 Å². The number of non-ortho nitro benzene ring substituents is 1. The second-order valence-electron chi connectivity index (χ2n) is 4.54. The highest BCUT2D eigenvalue weighted by molar-refractivity contribution is 7.22. The van der Waals surface area contributed by atoms with E-state index >= 15 is 0 Å². The third-order valence-electron chi connectivity index (χ3n) is 3.08. The van der Waals surface area contributed by atoms with Gasteiger partial charge < -0.3 is 4.74 Å². The Kier molecular flexibility index (Phi) is 4.15. The molecular weight excluding hydrogens is 316 g/mol. The Morgan fingerprint density at radius 1 is 1.35 bits per heavy atom. The number of nitro benzene ring substituents is 1. The van der Waals surface area contributed by atoms with Crippen LogP contribution in [0.25, 0.3) is 10.2 Å². The van der Waals surface area contributed by atoms with Crippen molar-refractivity contribution in [2.45, 2.75) is 0 Å². The molecule has 2 aromatic carbocycles. The number of anilines is 1. The maximum Gasteiger partial charge on any atom is 0.270 e. The van der Waals surface area contributed by atoms with Crippen LogP contribution in [-0.4, -0.2) is 23.2 Å². The number of ether oxygens (including phenoxy) is 1. The lowest BCUT2D eigenvalue weighted by Crippen LogP contribution is -1.96. The van der Waals surface area contributed by atoms with E-state index in [1.807, 2.05) is 24.3 Å². The normalized spacial score (nSPS) is 11.0. The van der Waals surface area contributed by atoms with E-state index in [1.54, 1.807) is 0 Å². The molecule has 0 saturated heterocycles. The number of thiazole rings is 1. The largest absolute Gasteiger partial charge is 0.496 e. The highest BCUT2D eigenvalue weighted by Gasteiger charge is 2.10. The molecule has 0 aliphatic heterocycles. The van der Waals surface area contributed by atoms with E-state index in [9.17, 15) is 10.1 Å². The van der Waals surface area contributed by atoms with Crippen molar-refractivity contribution in [1.82, 2.24) is 4.98 Å². The number of nitrogens with zero attached hydrogens (tertiary/aromatic N) is 3. The highest BCUT2D eigenvalue weighted by Crippen LogP contribution is 2.26. The van der Waals surface area contributed by atoms with Crippen molar-refractivity contribution < 1.29 is 9.66 Å². The number of nitrogens with one attached hydrogen (secondary N) is 1. The summed E-state index contributed by atoms with van der Waals surface area (Å²) in [4.78, 5) is 14.8. The molecule has 0 spiro atoms. The summed E-state index contributed by atoms with van der Waals surface area (Å²) in [6, 6.07) is 12.1. The van der Waals surface area contributed by atoms with Crippen LogP contribution in [0, 0.1) is 10.1 Å². The number of para-hydroxylation sites is 1. The number of aromatic nitrogens is 1. The number of methoxy groups -OCH3 is 1. The Morgan fingerprint density at radius 2 is 2.17 bits per heavy atom. The van der Waals surface area contributed by atoms with Gasteiger partial charge in [-0.05, 0) is 18.2 Å². The SMILES string of the molecule is COc1ccc([N+](=O)[O-])cc1/C=N\Nc1nc2ccccc2s1. The Morgan fingerprint density at radius 3 is 2.91 bits per heavy atom. The average molecular weight is 328 g/mol. The molecule has 0 aliphatic carbocycles. The summed E-state index contributed by atoms with van der Waals surface area (Å²) in [5.74, 6) is 0.505. The average Bonchev–Trinajstić information content (AvgIpc) is 2.97. The third kappa shape index (κ3) is 3.27. The Hall–Kier alpha value is -3.00. The first-order valence-corrected chi connectivity index (χ1v) is 7.46. The molecule has 0 saturated carbocycles. The standard InChI is InChI=1S/C15H12N4O3S/c1-22-13-7-6-11(19(20)21)8-10(13)9-16-18-15-17-12-4-2-3-5-14(12)23-15/h2-9H,1H3,(H,17,18)/b16-9-. The van der Waals surface area contributed by atoms with Gasteiger partial charge in [-0.2, -0.15) is 5.10 Å². The lowest BCUT2D eigenvalue weighted by atomic mass is 10.2. The van der Waals surface area contributed by atoms with E-state index in [0.717, 1.165) is 10.2 Å². The summed E-state index contributed by atoms with van der Waals surface area (Å²) in [7, 11) is 1.50. The van der Waals surface area contributed by atoms with Gasteiger partial charge in [0.15, 0.2) is 0 Å². The minimum absolute atomic E-state index is 0.0211. The number of benzene rings is 2. The van der Waals surface area contributed by atoms with Crippen LogP contribution in [0.4, 0.5) is 10.8 Å². The molecule has 7 nitrogen and oxygen atoms in total. The van der Waals surface area contributed by atoms with Crippen molar-refractivity contribution >= 4 is 38.6 Å². The Balaban J connectivity index is 1.81. The zero-order valence-electron chi connectivity index (χ0n) is 12.1. The fourth-order valence-corrected chi connectivity index (χ4v) is 2.83. The Bertz CT molecular complexity index is 858. The van der Waals surface area contributed by atoms with E-state index in [1.165, 1.54) is 42.9 Å². The molecule has 1 heterocycles. The van der Waals surface area contributed by atoms with Crippen molar-refractivity contribution in [3.8, 4) is 5.75 Å². The van der Waals surface area contributed by atoms with Gasteiger partial charge in [-0.15, -0.1) is 0 Å². The minimum atomic E-state index is -0.461. The molecule has 0 radical (unpaired) electrons. The van der Waals surface area contributed by atoms with Crippen LogP contribution in [0.15, 0.2) is 47.6 Å². The van der Waals surface area contributed by atoms with Crippen LogP contribution >= 0.6 is 11.3 Å². The number of rotatable bonds is 5. The molecular formula is C15H12N4O3S. The highest BCUT2D eigenvalue weighted by atomic mass is 32.1. The molecule has 23 heavy (non-hydrogen) atoms. The molecule has 0 bridgehead atoms. The van der Waals surface area contributed by atoms with Crippen LogP contribution in [0.2, 0.25) is 0 Å². The van der Waals surface area contributed by atoms with Crippen molar-refractivity contribution in [3.63, 3.8) is 0 Å². The van der Waals surface area contributed by atoms with Gasteiger partial charge in [0.25, 0.3) is 5.69 Å². The first kappa shape index (κ1) is 14.9. The first-order chi connectivity index (χ1) is 11.2. The van der Waals surface area contributed by atoms with Gasteiger partial charge in [-0.3, -0.25) is 15.5 Å². The van der Waals surface area contributed by atoms with Gasteiger partial charge in [0.2, 0.25) is 5.13 Å². The predicted octanol–water partition coefficient (Wildman–Crippen LogP) is 3.66. The molecule has 0 fully saturated rings. The quantitative estimate of drug-likeness (QED) is 0.438. The molecule has 1 N–H and O–H groups in total. The van der Waals surface area contributed by atoms with E-state index in [0.29, 0.717) is 16.4 Å². The van der Waals surface area contributed by atoms with Gasteiger partial charge >= 0.3 is 0 Å². The van der Waals surface area contributed by atoms with Crippen LogP contribution < -0.4 is 10.2 Å². The van der Waals surface area contributed by atoms with Gasteiger partial charge in [0.05, 0.1) is 28.5 Å². The lowest BCUT2D eigenvalue weighted by Gasteiger charge is -2.03. The number of nitro groups is 1. The summed E-state index contributed by atoms with van der Waals surface area (Å²) in [5.41, 5.74) is 4.21. The summed E-state index contributed by atoms with van der Waals surface area (Å²) in [5, 5.41) is 15.6. The predicted molar refractivity (Wildman–Crippen MR) is 90.5 cm³/mol. The van der Waals surface area contributed by atoms with Crippen LogP contribution in [-0.2, 0) is 0 Å². The molecule has 3 rings (SSSR count). The summed E-state index contributed by atoms with van der Waals surface area (Å²) < 4.78 is 6.23. The zero-order chi connectivity index (χ0) is 16.2. The first-order valence-electron chi connectivity index (χ1n) is 6.64. The summed E-state index contributed by atoms with van der Waals surface area (Å²) >= 11 is 1.47. The second-order valence-corrected chi connectivity index (χ2v) is 5.57. The molecule has 0 unspecified atom stereocenters. The lowest BCUT2D eigenvalue weighted by molar-refractivity contribution is -0.384. The maximum atomic E-state index is 10.8. The monoisotopic (exact) mass is 328 g/mol. The van der Waals surface area contributed by atoms with Crippen molar-refractivity contribution in [2.24, 2.45) is 5.10 Å². The van der Waals surface area contributed by atoms with Gasteiger partial charge in [-0.1, -0.05) is 23.5 Å². The minimum Gasteiger partial charge on any atom is -0.496 e. The third-order valence-corrected chi connectivity index (χ3v) is 4.02. The summed E-state index contributed by atoms with van der Waals surface area (Å²) in [6.07, 6.45) is 1.47. The van der Waals surface area contributed by atoms with Crippen LogP contribution in [0.3, 0.4) is 0 Å². The molecule has 1 aromatic heterocycles. The number of hydrogen-bond acceptors (Lipinski definition) is 7.